The van der Waals surface area contributed by atoms with Crippen LogP contribution in [-0.2, 0) is 0 Å². The monoisotopic (exact) mass is 192 g/mol. The van der Waals surface area contributed by atoms with E-state index in [-0.39, 0.29) is 0 Å². The van der Waals surface area contributed by atoms with Crippen LogP contribution in [0.25, 0.3) is 0 Å². The summed E-state index contributed by atoms with van der Waals surface area (Å²) in [5.74, 6) is 0.477. The van der Waals surface area contributed by atoms with Crippen LogP contribution in [0.3, 0.4) is 0 Å². The summed E-state index contributed by atoms with van der Waals surface area (Å²) < 4.78 is 5.52. The average molecular weight is 192 g/mol. The highest BCUT2D eigenvalue weighted by atomic mass is 16.5. The number of aryl methyl sites for hydroxylation is 1. The fraction of sp³-hybridized carbons (Fsp3) is 0.636. The highest BCUT2D eigenvalue weighted by Crippen LogP contribution is 2.25. The van der Waals surface area contributed by atoms with Gasteiger partial charge >= 0.3 is 6.01 Å². The second-order valence-corrected chi connectivity index (χ2v) is 4.17. The zero-order chi connectivity index (χ0) is 10.1. The lowest BCUT2D eigenvalue weighted by molar-refractivity contribution is 0.277. The van der Waals surface area contributed by atoms with Crippen molar-refractivity contribution >= 4 is 0 Å². The molecule has 1 fully saturated rings. The summed E-state index contributed by atoms with van der Waals surface area (Å²) in [7, 11) is 0. The van der Waals surface area contributed by atoms with Crippen molar-refractivity contribution in [3.05, 3.63) is 17.5 Å². The Balaban J connectivity index is 2.16. The van der Waals surface area contributed by atoms with Crippen LogP contribution in [0.2, 0.25) is 0 Å². The molecule has 0 atom stereocenters. The number of ether oxygens (including phenoxy) is 1. The average Bonchev–Trinajstić information content (AvgIpc) is 2.87. The standard InChI is InChI=1S/C11H16N2O/c1-7(2)10-6-12-11(13-8(10)3)14-9-4-5-9/h6-7,9H,4-5H2,1-3H3. The summed E-state index contributed by atoms with van der Waals surface area (Å²) in [5, 5.41) is 0. The van der Waals surface area contributed by atoms with Gasteiger partial charge in [0.15, 0.2) is 0 Å². The molecule has 0 aliphatic heterocycles. The molecular weight excluding hydrogens is 176 g/mol. The van der Waals surface area contributed by atoms with Gasteiger partial charge in [0.05, 0.1) is 0 Å². The van der Waals surface area contributed by atoms with Crippen molar-refractivity contribution in [3.63, 3.8) is 0 Å². The quantitative estimate of drug-likeness (QED) is 0.737. The van der Waals surface area contributed by atoms with E-state index >= 15 is 0 Å². The Kier molecular flexibility index (Phi) is 2.40. The first kappa shape index (κ1) is 9.44. The summed E-state index contributed by atoms with van der Waals surface area (Å²) in [6, 6.07) is 0.536. The molecule has 14 heavy (non-hydrogen) atoms. The van der Waals surface area contributed by atoms with Crippen molar-refractivity contribution in [2.24, 2.45) is 0 Å². The molecular formula is C11H16N2O. The molecule has 3 nitrogen and oxygen atoms in total. The van der Waals surface area contributed by atoms with E-state index in [0.29, 0.717) is 18.0 Å². The van der Waals surface area contributed by atoms with Gasteiger partial charge in [0, 0.05) is 11.9 Å². The maximum absolute atomic E-state index is 5.52. The molecule has 0 spiro atoms. The van der Waals surface area contributed by atoms with Crippen molar-refractivity contribution in [2.75, 3.05) is 0 Å². The van der Waals surface area contributed by atoms with Gasteiger partial charge in [-0.2, -0.15) is 0 Å². The highest BCUT2D eigenvalue weighted by molar-refractivity contribution is 5.21. The minimum absolute atomic E-state index is 0.374. The van der Waals surface area contributed by atoms with Crippen LogP contribution in [0.15, 0.2) is 6.20 Å². The Hall–Kier alpha value is -1.12. The number of nitrogens with zero attached hydrogens (tertiary/aromatic N) is 2. The normalized spacial score (nSPS) is 16.0. The molecule has 2 rings (SSSR count). The van der Waals surface area contributed by atoms with Gasteiger partial charge in [-0.1, -0.05) is 13.8 Å². The third-order valence-corrected chi connectivity index (χ3v) is 2.41. The molecule has 1 aliphatic rings. The molecule has 76 valence electrons. The van der Waals surface area contributed by atoms with Gasteiger partial charge < -0.3 is 4.74 Å². The molecule has 1 aromatic rings. The molecule has 0 bridgehead atoms. The highest BCUT2D eigenvalue weighted by Gasteiger charge is 2.24. The fourth-order valence-corrected chi connectivity index (χ4v) is 1.41. The Morgan fingerprint density at radius 2 is 2.14 bits per heavy atom. The third kappa shape index (κ3) is 2.03. The second-order valence-electron chi connectivity index (χ2n) is 4.17. The summed E-state index contributed by atoms with van der Waals surface area (Å²) >= 11 is 0. The Labute approximate surface area is 84.5 Å². The number of aromatic nitrogens is 2. The van der Waals surface area contributed by atoms with Crippen LogP contribution in [-0.4, -0.2) is 16.1 Å². The topological polar surface area (TPSA) is 35.0 Å². The van der Waals surface area contributed by atoms with Gasteiger partial charge in [-0.15, -0.1) is 0 Å². The van der Waals surface area contributed by atoms with Gasteiger partial charge in [-0.05, 0) is 31.2 Å². The van der Waals surface area contributed by atoms with Gasteiger partial charge in [0.1, 0.15) is 6.10 Å². The van der Waals surface area contributed by atoms with E-state index < -0.39 is 0 Å². The van der Waals surface area contributed by atoms with Crippen LogP contribution in [0.1, 0.15) is 43.9 Å². The van der Waals surface area contributed by atoms with Crippen LogP contribution in [0, 0.1) is 6.92 Å². The lowest BCUT2D eigenvalue weighted by Gasteiger charge is -2.09. The zero-order valence-corrected chi connectivity index (χ0v) is 8.95. The van der Waals surface area contributed by atoms with E-state index in [2.05, 4.69) is 23.8 Å². The van der Waals surface area contributed by atoms with Crippen LogP contribution >= 0.6 is 0 Å². The molecule has 1 heterocycles. The number of rotatable bonds is 3. The predicted octanol–water partition coefficient (Wildman–Crippen LogP) is 2.45. The van der Waals surface area contributed by atoms with Crippen molar-refractivity contribution in [1.29, 1.82) is 0 Å². The molecule has 1 aliphatic carbocycles. The molecule has 0 N–H and O–H groups in total. The Bertz CT molecular complexity index is 332. The molecule has 0 unspecified atom stereocenters. The van der Waals surface area contributed by atoms with Crippen molar-refractivity contribution < 1.29 is 4.74 Å². The maximum Gasteiger partial charge on any atom is 0.316 e. The van der Waals surface area contributed by atoms with Crippen molar-refractivity contribution in [2.45, 2.75) is 45.6 Å². The van der Waals surface area contributed by atoms with Crippen molar-refractivity contribution in [3.8, 4) is 6.01 Å². The lowest BCUT2D eigenvalue weighted by atomic mass is 10.0. The van der Waals surface area contributed by atoms with Crippen LogP contribution in [0.4, 0.5) is 0 Å². The lowest BCUT2D eigenvalue weighted by Crippen LogP contribution is -2.04. The molecule has 0 amide bonds. The van der Waals surface area contributed by atoms with Crippen molar-refractivity contribution in [1.82, 2.24) is 9.97 Å². The maximum atomic E-state index is 5.52. The molecule has 0 aromatic carbocycles. The van der Waals surface area contributed by atoms with Crippen LogP contribution in [0.5, 0.6) is 6.01 Å². The molecule has 1 saturated carbocycles. The number of hydrogen-bond acceptors (Lipinski definition) is 3. The summed E-state index contributed by atoms with van der Waals surface area (Å²) in [6.07, 6.45) is 4.55. The minimum atomic E-state index is 0.374. The first-order chi connectivity index (χ1) is 6.66. The zero-order valence-electron chi connectivity index (χ0n) is 8.95. The van der Waals surface area contributed by atoms with E-state index in [4.69, 9.17) is 4.74 Å². The first-order valence-corrected chi connectivity index (χ1v) is 5.17. The summed E-state index contributed by atoms with van der Waals surface area (Å²) in [4.78, 5) is 8.55. The fourth-order valence-electron chi connectivity index (χ4n) is 1.41. The number of hydrogen-bond donors (Lipinski definition) is 0. The molecule has 0 saturated heterocycles. The first-order valence-electron chi connectivity index (χ1n) is 5.17. The van der Waals surface area contributed by atoms with Gasteiger partial charge in [-0.3, -0.25) is 0 Å². The Morgan fingerprint density at radius 3 is 2.64 bits per heavy atom. The SMILES string of the molecule is Cc1nc(OC2CC2)ncc1C(C)C. The van der Waals surface area contributed by atoms with E-state index in [1.54, 1.807) is 0 Å². The van der Waals surface area contributed by atoms with Gasteiger partial charge in [0.2, 0.25) is 0 Å². The largest absolute Gasteiger partial charge is 0.460 e. The van der Waals surface area contributed by atoms with E-state index in [1.807, 2.05) is 13.1 Å². The van der Waals surface area contributed by atoms with E-state index in [1.165, 1.54) is 5.56 Å². The Morgan fingerprint density at radius 1 is 1.43 bits per heavy atom. The third-order valence-electron chi connectivity index (χ3n) is 2.41. The van der Waals surface area contributed by atoms with Gasteiger partial charge in [-0.25, -0.2) is 9.97 Å². The smallest absolute Gasteiger partial charge is 0.316 e. The summed E-state index contributed by atoms with van der Waals surface area (Å²) in [5.41, 5.74) is 2.23. The van der Waals surface area contributed by atoms with Gasteiger partial charge in [0.25, 0.3) is 0 Å². The minimum Gasteiger partial charge on any atom is -0.460 e. The molecule has 1 aromatic heterocycles. The molecule has 0 radical (unpaired) electrons. The van der Waals surface area contributed by atoms with E-state index in [0.717, 1.165) is 18.5 Å². The molecule has 3 heteroatoms. The van der Waals surface area contributed by atoms with E-state index in [9.17, 15) is 0 Å². The predicted molar refractivity (Wildman–Crippen MR) is 54.5 cm³/mol. The van der Waals surface area contributed by atoms with Crippen LogP contribution < -0.4 is 4.74 Å². The second kappa shape index (κ2) is 3.56. The summed E-state index contributed by atoms with van der Waals surface area (Å²) in [6.45, 7) is 6.30.